The highest BCUT2D eigenvalue weighted by Crippen LogP contribution is 2.27. The second-order valence-corrected chi connectivity index (χ2v) is 7.79. The van der Waals surface area contributed by atoms with Crippen LogP contribution in [0.2, 0.25) is 0 Å². The van der Waals surface area contributed by atoms with Crippen LogP contribution in [0.25, 0.3) is 22.1 Å². The van der Waals surface area contributed by atoms with Gasteiger partial charge < -0.3 is 18.8 Å². The van der Waals surface area contributed by atoms with Crippen LogP contribution in [-0.4, -0.2) is 36.7 Å². The molecule has 1 aliphatic rings. The normalized spacial score (nSPS) is 16.1. The van der Waals surface area contributed by atoms with E-state index in [0.717, 1.165) is 5.56 Å². The van der Waals surface area contributed by atoms with E-state index >= 15 is 0 Å². The number of hydrogen-bond donors (Lipinski definition) is 0. The molecule has 0 bridgehead atoms. The van der Waals surface area contributed by atoms with E-state index in [1.54, 1.807) is 32.0 Å². The standard InChI is InChI=1S/C25H25NO6/c1-3-30-25(29)26-13-7-10-18(15-26)24(28)32-19-11-12-20-21(14-19)31-16(2)22(23(20)27)17-8-5-4-6-9-17/h4-6,8-9,11-12,14,18H,3,7,10,13,15H2,1-2H3/t18-/m0/s1. The summed E-state index contributed by atoms with van der Waals surface area (Å²) in [6, 6.07) is 14.1. The van der Waals surface area contributed by atoms with Gasteiger partial charge >= 0.3 is 12.1 Å². The summed E-state index contributed by atoms with van der Waals surface area (Å²) in [5.41, 5.74) is 1.53. The molecule has 1 atom stereocenters. The van der Waals surface area contributed by atoms with E-state index in [1.165, 1.54) is 4.90 Å². The van der Waals surface area contributed by atoms with Crippen LogP contribution in [-0.2, 0) is 9.53 Å². The van der Waals surface area contributed by atoms with E-state index in [2.05, 4.69) is 0 Å². The summed E-state index contributed by atoms with van der Waals surface area (Å²) in [6.07, 6.45) is 0.922. The van der Waals surface area contributed by atoms with Crippen LogP contribution in [0.3, 0.4) is 0 Å². The molecule has 3 aromatic rings. The Morgan fingerprint density at radius 2 is 1.94 bits per heavy atom. The van der Waals surface area contributed by atoms with Crippen molar-refractivity contribution in [2.75, 3.05) is 19.7 Å². The Labute approximate surface area is 185 Å². The Hall–Kier alpha value is -3.61. The van der Waals surface area contributed by atoms with Crippen LogP contribution in [0.4, 0.5) is 4.79 Å². The molecule has 32 heavy (non-hydrogen) atoms. The van der Waals surface area contributed by atoms with Gasteiger partial charge in [0, 0.05) is 19.2 Å². The van der Waals surface area contributed by atoms with Crippen LogP contribution in [0.1, 0.15) is 25.5 Å². The number of benzene rings is 2. The Morgan fingerprint density at radius 3 is 2.69 bits per heavy atom. The number of ether oxygens (including phenoxy) is 2. The van der Waals surface area contributed by atoms with Crippen molar-refractivity contribution < 1.29 is 23.5 Å². The van der Waals surface area contributed by atoms with Crippen LogP contribution in [0, 0.1) is 12.8 Å². The van der Waals surface area contributed by atoms with Crippen molar-refractivity contribution >= 4 is 23.0 Å². The lowest BCUT2D eigenvalue weighted by Gasteiger charge is -2.30. The summed E-state index contributed by atoms with van der Waals surface area (Å²) in [5.74, 6) is -0.0586. The number of carbonyl (C=O) groups excluding carboxylic acids is 2. The fraction of sp³-hybridized carbons (Fsp3) is 0.320. The van der Waals surface area contributed by atoms with Crippen LogP contribution < -0.4 is 10.2 Å². The number of likely N-dealkylation sites (tertiary alicyclic amines) is 1. The molecule has 0 aliphatic carbocycles. The molecule has 0 spiro atoms. The first-order valence-electron chi connectivity index (χ1n) is 10.7. The number of fused-ring (bicyclic) bond motifs is 1. The third-order valence-corrected chi connectivity index (χ3v) is 5.60. The van der Waals surface area contributed by atoms with Gasteiger partial charge in [0.05, 0.1) is 23.5 Å². The monoisotopic (exact) mass is 435 g/mol. The number of esters is 1. The molecule has 0 unspecified atom stereocenters. The highest BCUT2D eigenvalue weighted by atomic mass is 16.6. The minimum absolute atomic E-state index is 0.134. The topological polar surface area (TPSA) is 86.0 Å². The molecule has 0 N–H and O–H groups in total. The first-order valence-corrected chi connectivity index (χ1v) is 10.7. The molecule has 7 heteroatoms. The molecule has 166 valence electrons. The number of nitrogens with zero attached hydrogens (tertiary/aromatic N) is 1. The Bertz CT molecular complexity index is 1200. The second-order valence-electron chi connectivity index (χ2n) is 7.79. The maximum Gasteiger partial charge on any atom is 0.409 e. The van der Waals surface area contributed by atoms with Crippen molar-refractivity contribution in [2.24, 2.45) is 5.92 Å². The van der Waals surface area contributed by atoms with Gasteiger partial charge in [0.25, 0.3) is 0 Å². The molecule has 1 fully saturated rings. The lowest BCUT2D eigenvalue weighted by molar-refractivity contribution is -0.140. The second kappa shape index (κ2) is 9.26. The van der Waals surface area contributed by atoms with Gasteiger partial charge in [-0.1, -0.05) is 30.3 Å². The summed E-state index contributed by atoms with van der Waals surface area (Å²) in [4.78, 5) is 39.3. The van der Waals surface area contributed by atoms with Crippen LogP contribution in [0.5, 0.6) is 5.75 Å². The van der Waals surface area contributed by atoms with Gasteiger partial charge in [-0.25, -0.2) is 4.79 Å². The maximum absolute atomic E-state index is 13.1. The fourth-order valence-electron chi connectivity index (χ4n) is 4.04. The lowest BCUT2D eigenvalue weighted by atomic mass is 9.98. The summed E-state index contributed by atoms with van der Waals surface area (Å²) >= 11 is 0. The minimum atomic E-state index is -0.432. The van der Waals surface area contributed by atoms with E-state index in [9.17, 15) is 14.4 Å². The van der Waals surface area contributed by atoms with Gasteiger partial charge in [-0.05, 0) is 44.4 Å². The van der Waals surface area contributed by atoms with Crippen molar-refractivity contribution in [1.82, 2.24) is 4.90 Å². The fourth-order valence-corrected chi connectivity index (χ4v) is 4.04. The molecule has 7 nitrogen and oxygen atoms in total. The molecule has 4 rings (SSSR count). The molecule has 1 saturated heterocycles. The highest BCUT2D eigenvalue weighted by Gasteiger charge is 2.30. The van der Waals surface area contributed by atoms with E-state index < -0.39 is 18.0 Å². The zero-order chi connectivity index (χ0) is 22.7. The third kappa shape index (κ3) is 4.37. The van der Waals surface area contributed by atoms with Gasteiger partial charge in [-0.3, -0.25) is 9.59 Å². The van der Waals surface area contributed by atoms with E-state index in [0.29, 0.717) is 47.4 Å². The predicted molar refractivity (Wildman–Crippen MR) is 120 cm³/mol. The lowest BCUT2D eigenvalue weighted by Crippen LogP contribution is -2.43. The van der Waals surface area contributed by atoms with Gasteiger partial charge in [-0.15, -0.1) is 0 Å². The number of hydrogen-bond acceptors (Lipinski definition) is 6. The summed E-state index contributed by atoms with van der Waals surface area (Å²) in [6.45, 7) is 4.61. The van der Waals surface area contributed by atoms with Crippen molar-refractivity contribution in [3.05, 3.63) is 64.5 Å². The Kier molecular flexibility index (Phi) is 6.25. The molecular weight excluding hydrogens is 410 g/mol. The van der Waals surface area contributed by atoms with Crippen molar-refractivity contribution in [2.45, 2.75) is 26.7 Å². The van der Waals surface area contributed by atoms with Gasteiger partial charge in [0.15, 0.2) is 0 Å². The summed E-state index contributed by atoms with van der Waals surface area (Å²) in [5, 5.41) is 0.417. The average molecular weight is 435 g/mol. The molecule has 2 heterocycles. The maximum atomic E-state index is 13.1. The number of carbonyl (C=O) groups is 2. The molecule has 0 saturated carbocycles. The van der Waals surface area contributed by atoms with Crippen molar-refractivity contribution in [3.8, 4) is 16.9 Å². The van der Waals surface area contributed by atoms with Crippen LogP contribution in [0.15, 0.2) is 57.7 Å². The molecule has 1 aliphatic heterocycles. The minimum Gasteiger partial charge on any atom is -0.460 e. The molecule has 0 radical (unpaired) electrons. The van der Waals surface area contributed by atoms with Gasteiger partial charge in [0.1, 0.15) is 17.1 Å². The molecule has 2 aromatic carbocycles. The quantitative estimate of drug-likeness (QED) is 0.442. The van der Waals surface area contributed by atoms with E-state index in [1.807, 2.05) is 30.3 Å². The SMILES string of the molecule is CCOC(=O)N1CCC[C@H](C(=O)Oc2ccc3c(=O)c(-c4ccccc4)c(C)oc3c2)C1. The van der Waals surface area contributed by atoms with E-state index in [4.69, 9.17) is 13.9 Å². The smallest absolute Gasteiger partial charge is 0.409 e. The van der Waals surface area contributed by atoms with E-state index in [-0.39, 0.29) is 18.6 Å². The first-order chi connectivity index (χ1) is 15.5. The molecular formula is C25H25NO6. The third-order valence-electron chi connectivity index (χ3n) is 5.60. The van der Waals surface area contributed by atoms with Gasteiger partial charge in [0.2, 0.25) is 5.43 Å². The van der Waals surface area contributed by atoms with Crippen molar-refractivity contribution in [3.63, 3.8) is 0 Å². The molecule has 1 amide bonds. The average Bonchev–Trinajstić information content (AvgIpc) is 2.80. The van der Waals surface area contributed by atoms with Crippen LogP contribution >= 0.6 is 0 Å². The number of amides is 1. The van der Waals surface area contributed by atoms with Gasteiger partial charge in [-0.2, -0.15) is 0 Å². The molecule has 1 aromatic heterocycles. The highest BCUT2D eigenvalue weighted by molar-refractivity contribution is 5.85. The summed E-state index contributed by atoms with van der Waals surface area (Å²) < 4.78 is 16.5. The number of rotatable bonds is 4. The summed E-state index contributed by atoms with van der Waals surface area (Å²) in [7, 11) is 0. The number of aryl methyl sites for hydroxylation is 1. The largest absolute Gasteiger partial charge is 0.460 e. The zero-order valence-corrected chi connectivity index (χ0v) is 18.1. The Balaban J connectivity index is 1.55. The zero-order valence-electron chi connectivity index (χ0n) is 18.1. The Morgan fingerprint density at radius 1 is 1.16 bits per heavy atom. The predicted octanol–water partition coefficient (Wildman–Crippen LogP) is 4.54. The van der Waals surface area contributed by atoms with Crippen molar-refractivity contribution in [1.29, 1.82) is 0 Å². The first kappa shape index (κ1) is 21.6. The number of piperidine rings is 1.